The van der Waals surface area contributed by atoms with Crippen molar-refractivity contribution in [3.8, 4) is 0 Å². The molecular formula is C31H28BrNO4. The Morgan fingerprint density at radius 2 is 1.57 bits per heavy atom. The molecule has 2 amide bonds. The van der Waals surface area contributed by atoms with E-state index in [2.05, 4.69) is 47.1 Å². The number of alkyl halides is 1. The molecule has 188 valence electrons. The van der Waals surface area contributed by atoms with Gasteiger partial charge in [0.15, 0.2) is 0 Å². The molecular weight excluding hydrogens is 530 g/mol. The van der Waals surface area contributed by atoms with Gasteiger partial charge in [-0.3, -0.25) is 9.59 Å². The van der Waals surface area contributed by atoms with Gasteiger partial charge >= 0.3 is 5.97 Å². The van der Waals surface area contributed by atoms with E-state index in [1.807, 2.05) is 24.3 Å². The van der Waals surface area contributed by atoms with Gasteiger partial charge in [-0.15, -0.1) is 0 Å². The van der Waals surface area contributed by atoms with Gasteiger partial charge in [-0.2, -0.15) is 0 Å². The summed E-state index contributed by atoms with van der Waals surface area (Å²) >= 11 is 4.02. The minimum absolute atomic E-state index is 0.199. The van der Waals surface area contributed by atoms with E-state index in [9.17, 15) is 14.4 Å². The number of rotatable bonds is 7. The van der Waals surface area contributed by atoms with E-state index in [-0.39, 0.29) is 17.7 Å². The molecule has 3 aliphatic carbocycles. The molecule has 1 saturated heterocycles. The Balaban J connectivity index is 1.35. The van der Waals surface area contributed by atoms with E-state index in [1.165, 1.54) is 4.90 Å². The van der Waals surface area contributed by atoms with Crippen LogP contribution in [0, 0.1) is 11.8 Å². The van der Waals surface area contributed by atoms with Crippen LogP contribution in [0.25, 0.3) is 0 Å². The number of nitrogens with zero attached hydrogens (tertiary/aromatic N) is 1. The Labute approximate surface area is 224 Å². The number of carbonyl (C=O) groups is 3. The molecule has 2 atom stereocenters. The average Bonchev–Trinajstić information content (AvgIpc) is 3.20. The number of imide groups is 1. The number of carbonyl (C=O) groups excluding carboxylic acids is 3. The topological polar surface area (TPSA) is 63.7 Å². The Kier molecular flexibility index (Phi) is 6.03. The molecule has 0 spiro atoms. The van der Waals surface area contributed by atoms with Gasteiger partial charge in [0.25, 0.3) is 0 Å². The highest BCUT2D eigenvalue weighted by atomic mass is 79.9. The van der Waals surface area contributed by atoms with E-state index in [1.54, 1.807) is 24.3 Å². The molecule has 6 heteroatoms. The van der Waals surface area contributed by atoms with E-state index in [0.29, 0.717) is 17.9 Å². The maximum atomic E-state index is 14.1. The van der Waals surface area contributed by atoms with Crippen LogP contribution in [0.15, 0.2) is 72.8 Å². The van der Waals surface area contributed by atoms with Crippen LogP contribution in [0.2, 0.25) is 0 Å². The van der Waals surface area contributed by atoms with Crippen LogP contribution < -0.4 is 4.90 Å². The lowest BCUT2D eigenvalue weighted by Gasteiger charge is -2.51. The molecule has 0 radical (unpaired) electrons. The van der Waals surface area contributed by atoms with Gasteiger partial charge in [-0.25, -0.2) is 9.69 Å². The summed E-state index contributed by atoms with van der Waals surface area (Å²) in [5.74, 6) is -2.21. The normalized spacial score (nSPS) is 25.0. The minimum Gasteiger partial charge on any atom is -0.462 e. The van der Waals surface area contributed by atoms with Crippen LogP contribution in [0.4, 0.5) is 5.69 Å². The lowest BCUT2D eigenvalue weighted by atomic mass is 9.55. The monoisotopic (exact) mass is 557 g/mol. The summed E-state index contributed by atoms with van der Waals surface area (Å²) in [6.07, 6.45) is 4.06. The number of benzene rings is 3. The summed E-state index contributed by atoms with van der Waals surface area (Å²) in [6.45, 7) is 2.49. The van der Waals surface area contributed by atoms with Gasteiger partial charge in [-0.1, -0.05) is 96.7 Å². The first kappa shape index (κ1) is 24.1. The van der Waals surface area contributed by atoms with Gasteiger partial charge in [-0.05, 0) is 46.9 Å². The largest absolute Gasteiger partial charge is 0.462 e. The van der Waals surface area contributed by atoms with E-state index < -0.39 is 22.1 Å². The summed E-state index contributed by atoms with van der Waals surface area (Å²) in [5.41, 5.74) is 5.01. The molecule has 1 fully saturated rings. The second-order valence-electron chi connectivity index (χ2n) is 10.1. The van der Waals surface area contributed by atoms with Crippen molar-refractivity contribution in [2.45, 2.75) is 42.8 Å². The van der Waals surface area contributed by atoms with E-state index >= 15 is 0 Å². The quantitative estimate of drug-likeness (QED) is 0.147. The number of amides is 2. The zero-order valence-electron chi connectivity index (χ0n) is 20.7. The highest BCUT2D eigenvalue weighted by Crippen LogP contribution is 2.66. The van der Waals surface area contributed by atoms with Crippen LogP contribution in [0.1, 0.15) is 71.1 Å². The zero-order chi connectivity index (χ0) is 25.7. The van der Waals surface area contributed by atoms with Crippen molar-refractivity contribution in [2.24, 2.45) is 11.8 Å². The lowest BCUT2D eigenvalue weighted by molar-refractivity contribution is -0.122. The number of ether oxygens (including phenoxy) is 1. The number of anilines is 1. The van der Waals surface area contributed by atoms with Crippen LogP contribution in [0.5, 0.6) is 0 Å². The molecule has 7 rings (SSSR count). The van der Waals surface area contributed by atoms with Crippen LogP contribution in [-0.2, 0) is 18.7 Å². The van der Waals surface area contributed by atoms with Crippen molar-refractivity contribution in [2.75, 3.05) is 11.5 Å². The van der Waals surface area contributed by atoms with Crippen molar-refractivity contribution in [3.05, 3.63) is 101 Å². The molecule has 2 bridgehead atoms. The second kappa shape index (κ2) is 9.25. The van der Waals surface area contributed by atoms with Crippen LogP contribution >= 0.6 is 15.9 Å². The molecule has 3 aromatic rings. The molecule has 3 aromatic carbocycles. The third-order valence-electron chi connectivity index (χ3n) is 8.09. The molecule has 0 unspecified atom stereocenters. The Morgan fingerprint density at radius 1 is 0.892 bits per heavy atom. The molecule has 37 heavy (non-hydrogen) atoms. The maximum absolute atomic E-state index is 14.1. The fourth-order valence-electron chi connectivity index (χ4n) is 6.48. The fraction of sp³-hybridized carbons (Fsp3) is 0.323. The number of halogens is 1. The number of unbranched alkanes of at least 4 members (excludes halogenated alkanes) is 3. The third kappa shape index (κ3) is 3.52. The van der Waals surface area contributed by atoms with E-state index in [4.69, 9.17) is 4.74 Å². The molecule has 0 N–H and O–H groups in total. The smallest absolute Gasteiger partial charge is 0.338 e. The van der Waals surface area contributed by atoms with Crippen LogP contribution in [0.3, 0.4) is 0 Å². The van der Waals surface area contributed by atoms with Gasteiger partial charge in [0.1, 0.15) is 0 Å². The summed E-state index contributed by atoms with van der Waals surface area (Å²) in [5, 5.41) is 0. The van der Waals surface area contributed by atoms with Gasteiger partial charge < -0.3 is 4.74 Å². The Morgan fingerprint density at radius 3 is 2.24 bits per heavy atom. The summed E-state index contributed by atoms with van der Waals surface area (Å²) in [7, 11) is 0. The number of hydrogen-bond donors (Lipinski definition) is 0. The first-order valence-electron chi connectivity index (χ1n) is 13.0. The van der Waals surface area contributed by atoms with Crippen LogP contribution in [-0.4, -0.2) is 24.4 Å². The van der Waals surface area contributed by atoms with Crippen molar-refractivity contribution < 1.29 is 19.1 Å². The van der Waals surface area contributed by atoms with Crippen molar-refractivity contribution >= 4 is 39.4 Å². The Hall–Kier alpha value is -3.25. The van der Waals surface area contributed by atoms with Crippen molar-refractivity contribution in [1.29, 1.82) is 0 Å². The first-order valence-corrected chi connectivity index (χ1v) is 13.8. The molecule has 5 nitrogen and oxygen atoms in total. The van der Waals surface area contributed by atoms with Gasteiger partial charge in [0.05, 0.1) is 34.0 Å². The highest BCUT2D eigenvalue weighted by molar-refractivity contribution is 9.09. The Bertz CT molecular complexity index is 1370. The van der Waals surface area contributed by atoms with Gasteiger partial charge in [0.2, 0.25) is 11.8 Å². The minimum atomic E-state index is -0.796. The van der Waals surface area contributed by atoms with Crippen molar-refractivity contribution in [3.63, 3.8) is 0 Å². The average molecular weight is 558 g/mol. The van der Waals surface area contributed by atoms with Gasteiger partial charge in [0, 0.05) is 5.92 Å². The summed E-state index contributed by atoms with van der Waals surface area (Å²) in [6, 6.07) is 22.9. The lowest BCUT2D eigenvalue weighted by Crippen LogP contribution is -2.50. The van der Waals surface area contributed by atoms with Crippen molar-refractivity contribution in [1.82, 2.24) is 0 Å². The standard InChI is InChI=1S/C31H28BrNO4/c1-2-3-4-9-17-37-30(36)19-11-10-12-20(18-19)33-28(34)26-25-21-13-5-7-15-23(21)31(32,27(26)29(33)35)24-16-8-6-14-22(24)25/h5-8,10-16,18,25-27H,2-4,9,17H2,1H3/t25?,26-,27-,31?/m1/s1. The SMILES string of the molecule is CCCCCCOC(=O)c1cccc(N2C(=O)[C@@H]3C4c5ccccc5C(Br)(c5ccccc54)[C@H]3C2=O)c1. The summed E-state index contributed by atoms with van der Waals surface area (Å²) < 4.78 is 4.65. The maximum Gasteiger partial charge on any atom is 0.338 e. The highest BCUT2D eigenvalue weighted by Gasteiger charge is 2.67. The number of hydrogen-bond acceptors (Lipinski definition) is 4. The third-order valence-corrected chi connectivity index (χ3v) is 9.43. The molecule has 1 heterocycles. The molecule has 1 aliphatic heterocycles. The predicted octanol–water partition coefficient (Wildman–Crippen LogP) is 6.33. The predicted molar refractivity (Wildman–Crippen MR) is 145 cm³/mol. The fourth-order valence-corrected chi connectivity index (χ4v) is 7.69. The van der Waals surface area contributed by atoms with E-state index in [0.717, 1.165) is 47.9 Å². The first-order chi connectivity index (χ1) is 18.0. The molecule has 0 aromatic heterocycles. The molecule has 4 aliphatic rings. The second-order valence-corrected chi connectivity index (χ2v) is 11.4. The zero-order valence-corrected chi connectivity index (χ0v) is 22.2. The molecule has 0 saturated carbocycles. The number of esters is 1. The summed E-state index contributed by atoms with van der Waals surface area (Å²) in [4.78, 5) is 42.1.